The first-order valence-electron chi connectivity index (χ1n) is 4.33. The first kappa shape index (κ1) is 15.6. The molecule has 0 aliphatic heterocycles. The molecular formula is C6H4N2O10S2. The van der Waals surface area contributed by atoms with Gasteiger partial charge in [-0.25, -0.2) is 0 Å². The molecule has 12 nitrogen and oxygen atoms in total. The molecule has 0 aliphatic carbocycles. The SMILES string of the molecule is O=[N+]([O-])OS(=O)(=O)c1cccc(S(=O)(=O)O[N+](=O)[O-])c1. The van der Waals surface area contributed by atoms with E-state index in [1.54, 1.807) is 0 Å². The van der Waals surface area contributed by atoms with Crippen molar-refractivity contribution in [2.75, 3.05) is 0 Å². The summed E-state index contributed by atoms with van der Waals surface area (Å²) in [4.78, 5) is 18.2. The van der Waals surface area contributed by atoms with Crippen molar-refractivity contribution in [1.29, 1.82) is 0 Å². The number of rotatable bonds is 6. The summed E-state index contributed by atoms with van der Waals surface area (Å²) in [6.07, 6.45) is 0. The van der Waals surface area contributed by atoms with Crippen molar-refractivity contribution < 1.29 is 35.6 Å². The van der Waals surface area contributed by atoms with Gasteiger partial charge in [0.15, 0.2) is 0 Å². The summed E-state index contributed by atoms with van der Waals surface area (Å²) in [5.41, 5.74) is 0. The molecule has 14 heteroatoms. The van der Waals surface area contributed by atoms with E-state index in [9.17, 15) is 37.1 Å². The van der Waals surface area contributed by atoms with Crippen molar-refractivity contribution in [2.24, 2.45) is 0 Å². The Labute approximate surface area is 111 Å². The van der Waals surface area contributed by atoms with Crippen LogP contribution in [-0.2, 0) is 28.8 Å². The molecule has 0 aromatic heterocycles. The third-order valence-electron chi connectivity index (χ3n) is 1.70. The molecule has 1 aromatic rings. The highest BCUT2D eigenvalue weighted by molar-refractivity contribution is 7.87. The van der Waals surface area contributed by atoms with Gasteiger partial charge in [0.2, 0.25) is 0 Å². The van der Waals surface area contributed by atoms with Crippen LogP contribution in [0.25, 0.3) is 0 Å². The van der Waals surface area contributed by atoms with Gasteiger partial charge in [0, 0.05) is 0 Å². The Balaban J connectivity index is 3.28. The van der Waals surface area contributed by atoms with E-state index in [1.165, 1.54) is 0 Å². The lowest BCUT2D eigenvalue weighted by molar-refractivity contribution is -0.711. The third-order valence-corrected chi connectivity index (χ3v) is 4.00. The summed E-state index contributed by atoms with van der Waals surface area (Å²) in [5.74, 6) is 0. The zero-order chi connectivity index (χ0) is 15.6. The summed E-state index contributed by atoms with van der Waals surface area (Å²) in [7, 11) is -9.72. The van der Waals surface area contributed by atoms with E-state index in [1.807, 2.05) is 0 Å². The van der Waals surface area contributed by atoms with Gasteiger partial charge >= 0.3 is 30.4 Å². The average Bonchev–Trinajstić information content (AvgIpc) is 2.25. The van der Waals surface area contributed by atoms with Crippen LogP contribution in [0.3, 0.4) is 0 Å². The highest BCUT2D eigenvalue weighted by Crippen LogP contribution is 2.19. The van der Waals surface area contributed by atoms with Crippen LogP contribution < -0.4 is 0 Å². The van der Waals surface area contributed by atoms with Crippen LogP contribution in [0.1, 0.15) is 0 Å². The lowest BCUT2D eigenvalue weighted by Crippen LogP contribution is -2.14. The zero-order valence-corrected chi connectivity index (χ0v) is 10.7. The van der Waals surface area contributed by atoms with Crippen molar-refractivity contribution in [3.8, 4) is 0 Å². The molecule has 0 N–H and O–H groups in total. The van der Waals surface area contributed by atoms with Gasteiger partial charge in [-0.15, -0.1) is 20.2 Å². The van der Waals surface area contributed by atoms with Crippen molar-refractivity contribution >= 4 is 20.2 Å². The molecular weight excluding hydrogens is 324 g/mol. The predicted octanol–water partition coefficient (Wildman–Crippen LogP) is -0.519. The van der Waals surface area contributed by atoms with Crippen LogP contribution in [-0.4, -0.2) is 27.0 Å². The summed E-state index contributed by atoms with van der Waals surface area (Å²) < 4.78 is 52.0. The largest absolute Gasteiger partial charge is 0.334 e. The molecule has 0 fully saturated rings. The first-order chi connectivity index (χ1) is 9.04. The normalized spacial score (nSPS) is 11.6. The van der Waals surface area contributed by atoms with Crippen LogP contribution in [0, 0.1) is 20.2 Å². The van der Waals surface area contributed by atoms with Gasteiger partial charge in [0.1, 0.15) is 0 Å². The van der Waals surface area contributed by atoms with Crippen molar-refractivity contribution in [2.45, 2.75) is 9.79 Å². The lowest BCUT2D eigenvalue weighted by atomic mass is 10.4. The Morgan fingerprint density at radius 3 is 1.50 bits per heavy atom. The molecule has 1 rings (SSSR count). The fraction of sp³-hybridized carbons (Fsp3) is 0. The minimum absolute atomic E-state index is 0.414. The molecule has 0 unspecified atom stereocenters. The zero-order valence-electron chi connectivity index (χ0n) is 9.10. The molecule has 0 saturated heterocycles. The highest BCUT2D eigenvalue weighted by Gasteiger charge is 2.24. The van der Waals surface area contributed by atoms with Gasteiger partial charge in [0.25, 0.3) is 0 Å². The maximum atomic E-state index is 11.3. The summed E-state index contributed by atoms with van der Waals surface area (Å²) in [6, 6.07) is 2.89. The molecule has 0 spiro atoms. The fourth-order valence-corrected chi connectivity index (χ4v) is 2.63. The van der Waals surface area contributed by atoms with Crippen LogP contribution in [0.15, 0.2) is 34.1 Å². The minimum Gasteiger partial charge on any atom is -0.196 e. The monoisotopic (exact) mass is 328 g/mol. The molecule has 0 saturated carbocycles. The molecule has 1 aromatic carbocycles. The highest BCUT2D eigenvalue weighted by atomic mass is 32.2. The van der Waals surface area contributed by atoms with E-state index in [2.05, 4.69) is 8.57 Å². The lowest BCUT2D eigenvalue weighted by Gasteiger charge is -2.04. The van der Waals surface area contributed by atoms with E-state index < -0.39 is 40.2 Å². The second-order valence-corrected chi connectivity index (χ2v) is 6.04. The molecule has 0 radical (unpaired) electrons. The van der Waals surface area contributed by atoms with Gasteiger partial charge in [-0.1, -0.05) is 6.07 Å². The third kappa shape index (κ3) is 3.75. The Bertz CT molecular complexity index is 690. The van der Waals surface area contributed by atoms with Crippen LogP contribution >= 0.6 is 0 Å². The van der Waals surface area contributed by atoms with Crippen molar-refractivity contribution in [1.82, 2.24) is 0 Å². The van der Waals surface area contributed by atoms with Crippen molar-refractivity contribution in [3.05, 3.63) is 44.5 Å². The van der Waals surface area contributed by atoms with Gasteiger partial charge < -0.3 is 0 Å². The average molecular weight is 328 g/mol. The molecule has 0 atom stereocenters. The van der Waals surface area contributed by atoms with E-state index in [4.69, 9.17) is 0 Å². The minimum atomic E-state index is -4.86. The van der Waals surface area contributed by atoms with Crippen LogP contribution in [0.2, 0.25) is 0 Å². The number of hydrogen-bond acceptors (Lipinski definition) is 10. The van der Waals surface area contributed by atoms with E-state index in [0.29, 0.717) is 6.07 Å². The Morgan fingerprint density at radius 1 is 0.850 bits per heavy atom. The smallest absolute Gasteiger partial charge is 0.196 e. The second kappa shape index (κ2) is 5.25. The first-order valence-corrected chi connectivity index (χ1v) is 7.14. The van der Waals surface area contributed by atoms with Crippen LogP contribution in [0.4, 0.5) is 0 Å². The number of benzene rings is 1. The molecule has 0 heterocycles. The second-order valence-electron chi connectivity index (χ2n) is 2.98. The molecule has 0 aliphatic rings. The summed E-state index contributed by atoms with van der Waals surface area (Å²) in [5, 5.41) is 16.8. The van der Waals surface area contributed by atoms with Gasteiger partial charge in [-0.2, -0.15) is 25.4 Å². The Kier molecular flexibility index (Phi) is 4.09. The molecule has 0 amide bonds. The molecule has 110 valence electrons. The molecule has 0 bridgehead atoms. The van der Waals surface area contributed by atoms with Gasteiger partial charge in [-0.3, -0.25) is 0 Å². The fourth-order valence-electron chi connectivity index (χ4n) is 1.03. The standard InChI is InChI=1S/C6H4N2O10S2/c9-7(10)17-19(13,14)5-2-1-3-6(4-5)20(15,16)18-8(11)12/h1-4H. The quantitative estimate of drug-likeness (QED) is 0.488. The number of nitrogens with zero attached hydrogens (tertiary/aromatic N) is 2. The van der Waals surface area contributed by atoms with Crippen LogP contribution in [0.5, 0.6) is 0 Å². The number of hydrogen-bond donors (Lipinski definition) is 0. The molecule has 20 heavy (non-hydrogen) atoms. The Morgan fingerprint density at radius 2 is 1.20 bits per heavy atom. The van der Waals surface area contributed by atoms with E-state index >= 15 is 0 Å². The summed E-state index contributed by atoms with van der Waals surface area (Å²) >= 11 is 0. The van der Waals surface area contributed by atoms with E-state index in [0.717, 1.165) is 18.2 Å². The van der Waals surface area contributed by atoms with Gasteiger partial charge in [-0.05, 0) is 18.2 Å². The maximum Gasteiger partial charge on any atom is 0.334 e. The van der Waals surface area contributed by atoms with E-state index in [-0.39, 0.29) is 0 Å². The Hall–Kier alpha value is -2.48. The topological polar surface area (TPSA) is 173 Å². The van der Waals surface area contributed by atoms with Gasteiger partial charge in [0.05, 0.1) is 9.79 Å². The van der Waals surface area contributed by atoms with Crippen molar-refractivity contribution in [3.63, 3.8) is 0 Å². The summed E-state index contributed by atoms with van der Waals surface area (Å²) in [6.45, 7) is 0. The maximum absolute atomic E-state index is 11.3. The predicted molar refractivity (Wildman–Crippen MR) is 57.0 cm³/mol.